The molecule has 0 amide bonds. The summed E-state index contributed by atoms with van der Waals surface area (Å²) in [6, 6.07) is 9.06. The van der Waals surface area contributed by atoms with Crippen LogP contribution in [0.25, 0.3) is 5.69 Å². The van der Waals surface area contributed by atoms with Gasteiger partial charge in [0.1, 0.15) is 0 Å². The first-order valence-electron chi connectivity index (χ1n) is 7.61. The lowest BCUT2D eigenvalue weighted by atomic mass is 9.96. The molecular weight excluding hydrogens is 307 g/mol. The second-order valence-electron chi connectivity index (χ2n) is 5.84. The summed E-state index contributed by atoms with van der Waals surface area (Å²) in [4.78, 5) is 1.81. The number of hydrogen-bond acceptors (Lipinski definition) is 4. The third-order valence-electron chi connectivity index (χ3n) is 4.33. The van der Waals surface area contributed by atoms with Crippen LogP contribution in [0.5, 0.6) is 0 Å². The Morgan fingerprint density at radius 1 is 1.22 bits per heavy atom. The lowest BCUT2D eigenvalue weighted by molar-refractivity contribution is -0.188. The monoisotopic (exact) mass is 325 g/mol. The van der Waals surface area contributed by atoms with Crippen molar-refractivity contribution in [2.24, 2.45) is 5.92 Å². The van der Waals surface area contributed by atoms with Crippen LogP contribution in [0, 0.1) is 5.92 Å². The van der Waals surface area contributed by atoms with Crippen LogP contribution >= 0.6 is 0 Å². The van der Waals surface area contributed by atoms with Crippen LogP contribution in [0.2, 0.25) is 0 Å². The van der Waals surface area contributed by atoms with Gasteiger partial charge >= 0.3 is 6.18 Å². The van der Waals surface area contributed by atoms with Crippen molar-refractivity contribution in [2.75, 3.05) is 13.1 Å². The van der Waals surface area contributed by atoms with Crippen molar-refractivity contribution in [2.45, 2.75) is 32.0 Å². The maximum Gasteiger partial charge on any atom is 0.393 e. The number of likely N-dealkylation sites (tertiary alicyclic amines) is 1. The number of piperidine rings is 1. The van der Waals surface area contributed by atoms with Crippen molar-refractivity contribution < 1.29 is 13.2 Å². The summed E-state index contributed by atoms with van der Waals surface area (Å²) < 4.78 is 40.6. The van der Waals surface area contributed by atoms with Gasteiger partial charge in [-0.05, 0) is 48.9 Å². The number of alkyl halides is 3. The fourth-order valence-electron chi connectivity index (χ4n) is 3.00. The molecule has 1 aromatic carbocycles. The Balaban J connectivity index is 1.81. The fourth-order valence-corrected chi connectivity index (χ4v) is 3.00. The predicted octanol–water partition coefficient (Wildman–Crippen LogP) is 3.00. The molecule has 1 saturated heterocycles. The first kappa shape index (κ1) is 15.9. The Bertz CT molecular complexity index is 640. The Labute approximate surface area is 132 Å². The molecule has 1 aliphatic heterocycles. The summed E-state index contributed by atoms with van der Waals surface area (Å²) in [7, 11) is 0. The highest BCUT2D eigenvalue weighted by Crippen LogP contribution is 2.35. The third-order valence-corrected chi connectivity index (χ3v) is 4.33. The zero-order valence-corrected chi connectivity index (χ0v) is 12.7. The molecule has 1 aliphatic rings. The summed E-state index contributed by atoms with van der Waals surface area (Å²) in [5.74, 6) is -0.723. The molecule has 2 atom stereocenters. The predicted molar refractivity (Wildman–Crippen MR) is 77.9 cm³/mol. The summed E-state index contributed by atoms with van der Waals surface area (Å²) in [6.07, 6.45) is -3.43. The van der Waals surface area contributed by atoms with Crippen molar-refractivity contribution in [1.29, 1.82) is 0 Å². The SMILES string of the molecule is C[C@H](c1nnnn1-c1ccccc1)N1CCC[C@H](C(F)(F)F)C1. The minimum absolute atomic E-state index is 0.00762. The molecule has 1 fully saturated rings. The van der Waals surface area contributed by atoms with E-state index in [4.69, 9.17) is 0 Å². The van der Waals surface area contributed by atoms with E-state index in [1.54, 1.807) is 4.68 Å². The number of hydrogen-bond donors (Lipinski definition) is 0. The number of rotatable bonds is 3. The molecule has 0 unspecified atom stereocenters. The van der Waals surface area contributed by atoms with Crippen molar-refractivity contribution in [1.82, 2.24) is 25.1 Å². The van der Waals surface area contributed by atoms with Gasteiger partial charge in [-0.1, -0.05) is 18.2 Å². The maximum absolute atomic E-state index is 13.0. The van der Waals surface area contributed by atoms with E-state index in [-0.39, 0.29) is 19.0 Å². The maximum atomic E-state index is 13.0. The molecule has 124 valence electrons. The zero-order valence-electron chi connectivity index (χ0n) is 12.7. The molecule has 2 heterocycles. The van der Waals surface area contributed by atoms with E-state index in [1.165, 1.54) is 0 Å². The number of aromatic nitrogens is 4. The van der Waals surface area contributed by atoms with Gasteiger partial charge in [0.2, 0.25) is 0 Å². The van der Waals surface area contributed by atoms with E-state index in [0.717, 1.165) is 5.69 Å². The Hall–Kier alpha value is -1.96. The Morgan fingerprint density at radius 2 is 1.96 bits per heavy atom. The van der Waals surface area contributed by atoms with E-state index in [0.29, 0.717) is 18.8 Å². The number of halogens is 3. The number of para-hydroxylation sites is 1. The smallest absolute Gasteiger partial charge is 0.293 e. The van der Waals surface area contributed by atoms with E-state index in [1.807, 2.05) is 42.2 Å². The van der Waals surface area contributed by atoms with Crippen LogP contribution in [-0.2, 0) is 0 Å². The summed E-state index contributed by atoms with van der Waals surface area (Å²) in [5.41, 5.74) is 0.795. The second kappa shape index (κ2) is 6.27. The normalized spacial score (nSPS) is 21.3. The highest BCUT2D eigenvalue weighted by molar-refractivity contribution is 5.30. The van der Waals surface area contributed by atoms with Crippen LogP contribution in [0.4, 0.5) is 13.2 Å². The highest BCUT2D eigenvalue weighted by atomic mass is 19.4. The van der Waals surface area contributed by atoms with Crippen LogP contribution < -0.4 is 0 Å². The molecule has 8 heteroatoms. The van der Waals surface area contributed by atoms with Gasteiger partial charge < -0.3 is 0 Å². The highest BCUT2D eigenvalue weighted by Gasteiger charge is 2.43. The van der Waals surface area contributed by atoms with Gasteiger partial charge in [-0.25, -0.2) is 0 Å². The lowest BCUT2D eigenvalue weighted by Gasteiger charge is -2.36. The summed E-state index contributed by atoms with van der Waals surface area (Å²) >= 11 is 0. The molecule has 0 N–H and O–H groups in total. The third kappa shape index (κ3) is 3.36. The van der Waals surface area contributed by atoms with Crippen LogP contribution in [0.3, 0.4) is 0 Å². The standard InChI is InChI=1S/C15H18F3N5/c1-11(22-9-5-6-12(10-22)15(16,17)18)14-19-20-21-23(14)13-7-3-2-4-8-13/h2-4,7-8,11-12H,5-6,9-10H2,1H3/t11-,12+/m1/s1. The molecule has 2 aromatic rings. The topological polar surface area (TPSA) is 46.8 Å². The van der Waals surface area contributed by atoms with Gasteiger partial charge in [0, 0.05) is 6.54 Å². The van der Waals surface area contributed by atoms with Gasteiger partial charge in [0.05, 0.1) is 17.6 Å². The summed E-state index contributed by atoms with van der Waals surface area (Å²) in [5, 5.41) is 11.7. The van der Waals surface area contributed by atoms with Gasteiger partial charge in [-0.15, -0.1) is 5.10 Å². The second-order valence-corrected chi connectivity index (χ2v) is 5.84. The molecule has 0 saturated carbocycles. The number of tetrazole rings is 1. The molecule has 3 rings (SSSR count). The van der Waals surface area contributed by atoms with Gasteiger partial charge in [-0.2, -0.15) is 17.9 Å². The first-order chi connectivity index (χ1) is 11.0. The molecule has 0 aliphatic carbocycles. The van der Waals surface area contributed by atoms with Crippen molar-refractivity contribution in [3.63, 3.8) is 0 Å². The molecular formula is C15H18F3N5. The molecule has 0 radical (unpaired) electrons. The Morgan fingerprint density at radius 3 is 2.65 bits per heavy atom. The van der Waals surface area contributed by atoms with Crippen molar-refractivity contribution in [3.8, 4) is 5.69 Å². The molecule has 5 nitrogen and oxygen atoms in total. The zero-order chi connectivity index (χ0) is 16.4. The van der Waals surface area contributed by atoms with Gasteiger partial charge in [0.15, 0.2) is 5.82 Å². The van der Waals surface area contributed by atoms with Crippen LogP contribution in [0.1, 0.15) is 31.6 Å². The Kier molecular flexibility index (Phi) is 4.34. The molecule has 0 bridgehead atoms. The molecule has 23 heavy (non-hydrogen) atoms. The van der Waals surface area contributed by atoms with E-state index in [9.17, 15) is 13.2 Å². The lowest BCUT2D eigenvalue weighted by Crippen LogP contribution is -2.43. The quantitative estimate of drug-likeness (QED) is 0.870. The van der Waals surface area contributed by atoms with Crippen LogP contribution in [-0.4, -0.2) is 44.4 Å². The molecule has 0 spiro atoms. The van der Waals surface area contributed by atoms with Gasteiger partial charge in [-0.3, -0.25) is 4.90 Å². The first-order valence-corrected chi connectivity index (χ1v) is 7.61. The van der Waals surface area contributed by atoms with E-state index in [2.05, 4.69) is 15.5 Å². The van der Waals surface area contributed by atoms with Gasteiger partial charge in [0.25, 0.3) is 0 Å². The molecule has 1 aromatic heterocycles. The van der Waals surface area contributed by atoms with Crippen molar-refractivity contribution >= 4 is 0 Å². The van der Waals surface area contributed by atoms with E-state index >= 15 is 0 Å². The van der Waals surface area contributed by atoms with Crippen molar-refractivity contribution in [3.05, 3.63) is 36.2 Å². The minimum Gasteiger partial charge on any atom is -0.293 e. The van der Waals surface area contributed by atoms with E-state index < -0.39 is 12.1 Å². The average Bonchev–Trinajstić information content (AvgIpc) is 3.04. The minimum atomic E-state index is -4.15. The average molecular weight is 325 g/mol. The number of nitrogens with zero attached hydrogens (tertiary/aromatic N) is 5. The number of benzene rings is 1. The largest absolute Gasteiger partial charge is 0.393 e. The van der Waals surface area contributed by atoms with Crippen LogP contribution in [0.15, 0.2) is 30.3 Å². The summed E-state index contributed by atoms with van der Waals surface area (Å²) in [6.45, 7) is 2.46. The fraction of sp³-hybridized carbons (Fsp3) is 0.533.